The lowest BCUT2D eigenvalue weighted by Crippen LogP contribution is -2.37. The lowest BCUT2D eigenvalue weighted by molar-refractivity contribution is -0.134. The van der Waals surface area contributed by atoms with Gasteiger partial charge in [-0.05, 0) is 49.2 Å². The summed E-state index contributed by atoms with van der Waals surface area (Å²) < 4.78 is 11.0. The molecule has 4 rings (SSSR count). The average molecular weight is 443 g/mol. The van der Waals surface area contributed by atoms with Crippen molar-refractivity contribution in [3.8, 4) is 11.5 Å². The molecule has 164 valence electrons. The van der Waals surface area contributed by atoms with Crippen molar-refractivity contribution in [1.82, 2.24) is 9.80 Å². The maximum absolute atomic E-state index is 13.4. The number of likely N-dealkylation sites (tertiary alicyclic amines) is 2. The van der Waals surface area contributed by atoms with E-state index < -0.39 is 0 Å². The van der Waals surface area contributed by atoms with E-state index in [1.54, 1.807) is 43.4 Å². The zero-order valence-corrected chi connectivity index (χ0v) is 18.6. The molecule has 0 aromatic heterocycles. The number of benzene rings is 2. The van der Waals surface area contributed by atoms with Crippen molar-refractivity contribution < 1.29 is 19.1 Å². The molecule has 31 heavy (non-hydrogen) atoms. The van der Waals surface area contributed by atoms with Gasteiger partial charge in [-0.3, -0.25) is 9.59 Å². The molecular weight excluding hydrogens is 416 g/mol. The molecule has 0 N–H and O–H groups in total. The average Bonchev–Trinajstić information content (AvgIpc) is 3.48. The van der Waals surface area contributed by atoms with E-state index in [2.05, 4.69) is 0 Å². The van der Waals surface area contributed by atoms with E-state index in [1.165, 1.54) is 0 Å². The number of hydrogen-bond acceptors (Lipinski definition) is 4. The van der Waals surface area contributed by atoms with Gasteiger partial charge in [-0.25, -0.2) is 0 Å². The van der Waals surface area contributed by atoms with E-state index in [1.807, 2.05) is 23.1 Å². The Kier molecular flexibility index (Phi) is 6.37. The second kappa shape index (κ2) is 9.18. The third kappa shape index (κ3) is 4.35. The minimum absolute atomic E-state index is 0.105. The van der Waals surface area contributed by atoms with Gasteiger partial charge in [0.1, 0.15) is 11.5 Å². The van der Waals surface area contributed by atoms with Gasteiger partial charge in [0.05, 0.1) is 20.1 Å². The van der Waals surface area contributed by atoms with Crippen molar-refractivity contribution in [2.45, 2.75) is 18.8 Å². The number of nitrogens with zero attached hydrogens (tertiary/aromatic N) is 2. The third-order valence-electron chi connectivity index (χ3n) is 6.25. The van der Waals surface area contributed by atoms with Gasteiger partial charge in [0.2, 0.25) is 5.91 Å². The minimum Gasteiger partial charge on any atom is -0.497 e. The van der Waals surface area contributed by atoms with Gasteiger partial charge in [-0.2, -0.15) is 0 Å². The molecule has 0 radical (unpaired) electrons. The molecule has 2 atom stereocenters. The number of hydrogen-bond donors (Lipinski definition) is 0. The highest BCUT2D eigenvalue weighted by Crippen LogP contribution is 2.41. The molecule has 0 saturated carbocycles. The minimum atomic E-state index is -0.331. The van der Waals surface area contributed by atoms with E-state index in [4.69, 9.17) is 21.1 Å². The second-order valence-electron chi connectivity index (χ2n) is 8.07. The Morgan fingerprint density at radius 2 is 1.74 bits per heavy atom. The van der Waals surface area contributed by atoms with Crippen molar-refractivity contribution in [2.24, 2.45) is 5.92 Å². The van der Waals surface area contributed by atoms with E-state index >= 15 is 0 Å². The molecule has 2 saturated heterocycles. The molecule has 2 aromatic carbocycles. The summed E-state index contributed by atoms with van der Waals surface area (Å²) in [4.78, 5) is 30.4. The van der Waals surface area contributed by atoms with Crippen molar-refractivity contribution >= 4 is 23.4 Å². The Morgan fingerprint density at radius 1 is 0.968 bits per heavy atom. The maximum atomic E-state index is 13.4. The summed E-state index contributed by atoms with van der Waals surface area (Å²) in [7, 11) is 3.23. The first kappa shape index (κ1) is 21.5. The zero-order valence-electron chi connectivity index (χ0n) is 17.8. The van der Waals surface area contributed by atoms with Crippen LogP contribution in [0.5, 0.6) is 11.5 Å². The van der Waals surface area contributed by atoms with E-state index in [0.29, 0.717) is 35.2 Å². The first-order valence-corrected chi connectivity index (χ1v) is 10.9. The number of carbonyl (C=O) groups is 2. The van der Waals surface area contributed by atoms with Crippen molar-refractivity contribution in [2.75, 3.05) is 40.4 Å². The van der Waals surface area contributed by atoms with Crippen LogP contribution in [0.1, 0.15) is 34.7 Å². The van der Waals surface area contributed by atoms with Gasteiger partial charge in [-0.15, -0.1) is 0 Å². The fraction of sp³-hybridized carbons (Fsp3) is 0.417. The molecule has 2 aliphatic heterocycles. The third-order valence-corrected chi connectivity index (χ3v) is 6.49. The summed E-state index contributed by atoms with van der Waals surface area (Å²) in [5.74, 6) is 0.869. The predicted molar refractivity (Wildman–Crippen MR) is 119 cm³/mol. The van der Waals surface area contributed by atoms with Gasteiger partial charge in [-0.1, -0.05) is 17.7 Å². The first-order valence-electron chi connectivity index (χ1n) is 10.6. The maximum Gasteiger partial charge on any atom is 0.253 e. The van der Waals surface area contributed by atoms with E-state index in [-0.39, 0.29) is 23.7 Å². The van der Waals surface area contributed by atoms with Crippen LogP contribution in [0.3, 0.4) is 0 Å². The normalized spacial score (nSPS) is 20.7. The van der Waals surface area contributed by atoms with Crippen molar-refractivity contribution in [3.05, 3.63) is 58.6 Å². The predicted octanol–water partition coefficient (Wildman–Crippen LogP) is 3.84. The van der Waals surface area contributed by atoms with E-state index in [0.717, 1.165) is 31.5 Å². The number of ether oxygens (including phenoxy) is 2. The summed E-state index contributed by atoms with van der Waals surface area (Å²) in [6.45, 7) is 2.35. The van der Waals surface area contributed by atoms with Crippen LogP contribution in [0.4, 0.5) is 0 Å². The van der Waals surface area contributed by atoms with Gasteiger partial charge in [0.25, 0.3) is 5.91 Å². The molecule has 0 unspecified atom stereocenters. The number of halogens is 1. The summed E-state index contributed by atoms with van der Waals surface area (Å²) >= 11 is 6.10. The number of rotatable bonds is 5. The molecule has 2 amide bonds. The summed E-state index contributed by atoms with van der Waals surface area (Å²) in [6.07, 6.45) is 2.05. The fourth-order valence-electron chi connectivity index (χ4n) is 4.64. The van der Waals surface area contributed by atoms with Crippen LogP contribution < -0.4 is 9.47 Å². The Labute approximate surface area is 187 Å². The van der Waals surface area contributed by atoms with Crippen LogP contribution in [-0.2, 0) is 4.79 Å². The molecular formula is C24H27ClN2O4. The topological polar surface area (TPSA) is 59.1 Å². The highest BCUT2D eigenvalue weighted by molar-refractivity contribution is 6.30. The van der Waals surface area contributed by atoms with Gasteiger partial charge >= 0.3 is 0 Å². The second-order valence-corrected chi connectivity index (χ2v) is 8.51. The van der Waals surface area contributed by atoms with Crippen LogP contribution >= 0.6 is 11.6 Å². The largest absolute Gasteiger partial charge is 0.497 e. The zero-order chi connectivity index (χ0) is 22.0. The van der Waals surface area contributed by atoms with Gasteiger partial charge in [0.15, 0.2) is 0 Å². The van der Waals surface area contributed by atoms with Gasteiger partial charge < -0.3 is 19.3 Å². The number of methoxy groups -OCH3 is 2. The molecule has 6 nitrogen and oxygen atoms in total. The number of carbonyl (C=O) groups excluding carboxylic acids is 2. The highest BCUT2D eigenvalue weighted by atomic mass is 35.5. The summed E-state index contributed by atoms with van der Waals surface area (Å²) in [5, 5.41) is 0.515. The Hall–Kier alpha value is -2.73. The monoisotopic (exact) mass is 442 g/mol. The van der Waals surface area contributed by atoms with Crippen LogP contribution in [0.2, 0.25) is 5.02 Å². The van der Waals surface area contributed by atoms with Crippen LogP contribution in [0, 0.1) is 5.92 Å². The standard InChI is InChI=1S/C24H27ClN2O4/c1-30-18-8-9-22(31-2)19(13-18)20-14-27(23(28)16-6-5-7-17(25)12-16)15-21(20)24(29)26-10-3-4-11-26/h5-9,12-13,20-21H,3-4,10-11,14-15H2,1-2H3/t20-,21+/m0/s1. The molecule has 0 spiro atoms. The SMILES string of the molecule is COc1ccc(OC)c([C@@H]2CN(C(=O)c3cccc(Cl)c3)C[C@H]2C(=O)N2CCCC2)c1. The first-order chi connectivity index (χ1) is 15.0. The van der Waals surface area contributed by atoms with Gasteiger partial charge in [0, 0.05) is 48.2 Å². The lowest BCUT2D eigenvalue weighted by atomic mass is 9.87. The molecule has 2 heterocycles. The summed E-state index contributed by atoms with van der Waals surface area (Å²) in [5.41, 5.74) is 1.42. The summed E-state index contributed by atoms with van der Waals surface area (Å²) in [6, 6.07) is 12.5. The molecule has 2 aliphatic rings. The quantitative estimate of drug-likeness (QED) is 0.706. The Balaban J connectivity index is 1.69. The Morgan fingerprint density at radius 3 is 2.42 bits per heavy atom. The van der Waals surface area contributed by atoms with E-state index in [9.17, 15) is 9.59 Å². The van der Waals surface area contributed by atoms with Crippen LogP contribution in [0.15, 0.2) is 42.5 Å². The van der Waals surface area contributed by atoms with Crippen molar-refractivity contribution in [3.63, 3.8) is 0 Å². The van der Waals surface area contributed by atoms with Crippen molar-refractivity contribution in [1.29, 1.82) is 0 Å². The lowest BCUT2D eigenvalue weighted by Gasteiger charge is -2.25. The Bertz CT molecular complexity index is 974. The van der Waals surface area contributed by atoms with Crippen LogP contribution in [-0.4, -0.2) is 62.0 Å². The number of amides is 2. The molecule has 7 heteroatoms. The molecule has 0 bridgehead atoms. The molecule has 2 aromatic rings. The highest BCUT2D eigenvalue weighted by Gasteiger charge is 2.43. The van der Waals surface area contributed by atoms with Crippen LogP contribution in [0.25, 0.3) is 0 Å². The smallest absolute Gasteiger partial charge is 0.253 e. The fourth-order valence-corrected chi connectivity index (χ4v) is 4.83. The molecule has 0 aliphatic carbocycles. The molecule has 2 fully saturated rings.